The Bertz CT molecular complexity index is 714. The number of anilines is 1. The van der Waals surface area contributed by atoms with Gasteiger partial charge in [-0.05, 0) is 31.0 Å². The van der Waals surface area contributed by atoms with Gasteiger partial charge in [-0.3, -0.25) is 4.79 Å². The third kappa shape index (κ3) is 4.26. The highest BCUT2D eigenvalue weighted by atomic mass is 35.5. The van der Waals surface area contributed by atoms with Crippen LogP contribution in [-0.2, 0) is 11.5 Å². The van der Waals surface area contributed by atoms with E-state index in [1.165, 1.54) is 29.3 Å². The first kappa shape index (κ1) is 16.8. The second kappa shape index (κ2) is 7.66. The average Bonchev–Trinajstić information content (AvgIpc) is 3.02. The standard InChI is InChI=1S/C17H19ClFN3O2/c18-15-8-13(19)6-7-16(15)24-11-22-10-14(9-20-22)21-17(23)12-4-2-1-3-5-12/h6-10,12H,1-5,11H2,(H,21,23). The molecular formula is C17H19ClFN3O2. The molecule has 0 atom stereocenters. The minimum atomic E-state index is -0.417. The summed E-state index contributed by atoms with van der Waals surface area (Å²) in [5.74, 6) is 0.105. The van der Waals surface area contributed by atoms with Crippen molar-refractivity contribution in [2.24, 2.45) is 5.92 Å². The second-order valence-electron chi connectivity index (χ2n) is 5.94. The minimum Gasteiger partial charge on any atom is -0.470 e. The number of nitrogens with one attached hydrogen (secondary N) is 1. The SMILES string of the molecule is O=C(Nc1cnn(COc2ccc(F)cc2Cl)c1)C1CCCCC1. The molecule has 1 saturated carbocycles. The van der Waals surface area contributed by atoms with Crippen LogP contribution in [0.25, 0.3) is 0 Å². The van der Waals surface area contributed by atoms with Crippen molar-refractivity contribution in [1.29, 1.82) is 0 Å². The van der Waals surface area contributed by atoms with E-state index >= 15 is 0 Å². The van der Waals surface area contributed by atoms with Crippen LogP contribution in [0.4, 0.5) is 10.1 Å². The molecule has 0 unspecified atom stereocenters. The van der Waals surface area contributed by atoms with Crippen molar-refractivity contribution < 1.29 is 13.9 Å². The molecule has 0 spiro atoms. The molecule has 1 N–H and O–H groups in total. The zero-order valence-corrected chi connectivity index (χ0v) is 13.9. The quantitative estimate of drug-likeness (QED) is 0.877. The van der Waals surface area contributed by atoms with E-state index in [9.17, 15) is 9.18 Å². The van der Waals surface area contributed by atoms with E-state index in [0.717, 1.165) is 25.7 Å². The average molecular weight is 352 g/mol. The molecule has 5 nitrogen and oxygen atoms in total. The van der Waals surface area contributed by atoms with Crippen molar-refractivity contribution in [3.05, 3.63) is 41.4 Å². The predicted octanol–water partition coefficient (Wildman–Crippen LogP) is 4.23. The maximum absolute atomic E-state index is 13.0. The van der Waals surface area contributed by atoms with Crippen LogP contribution >= 0.6 is 11.6 Å². The molecule has 1 fully saturated rings. The Morgan fingerprint density at radius 2 is 2.17 bits per heavy atom. The highest BCUT2D eigenvalue weighted by Gasteiger charge is 2.21. The van der Waals surface area contributed by atoms with Crippen LogP contribution < -0.4 is 10.1 Å². The first-order valence-corrected chi connectivity index (χ1v) is 8.41. The Hall–Kier alpha value is -2.08. The van der Waals surface area contributed by atoms with E-state index in [1.54, 1.807) is 12.4 Å². The number of ether oxygens (including phenoxy) is 1. The molecule has 1 aliphatic carbocycles. The Morgan fingerprint density at radius 1 is 1.38 bits per heavy atom. The van der Waals surface area contributed by atoms with Crippen molar-refractivity contribution in [3.8, 4) is 5.75 Å². The van der Waals surface area contributed by atoms with E-state index in [4.69, 9.17) is 16.3 Å². The number of rotatable bonds is 5. The Balaban J connectivity index is 1.54. The lowest BCUT2D eigenvalue weighted by atomic mass is 9.89. The van der Waals surface area contributed by atoms with E-state index in [1.807, 2.05) is 0 Å². The normalized spacial score (nSPS) is 15.2. The lowest BCUT2D eigenvalue weighted by molar-refractivity contribution is -0.120. The van der Waals surface area contributed by atoms with Crippen molar-refractivity contribution in [2.75, 3.05) is 5.32 Å². The molecule has 1 aromatic heterocycles. The fourth-order valence-corrected chi connectivity index (χ4v) is 3.06. The molecule has 0 saturated heterocycles. The van der Waals surface area contributed by atoms with Crippen molar-refractivity contribution >= 4 is 23.2 Å². The van der Waals surface area contributed by atoms with Crippen LogP contribution in [0.5, 0.6) is 5.75 Å². The minimum absolute atomic E-state index is 0.0525. The van der Waals surface area contributed by atoms with Gasteiger partial charge in [0.1, 0.15) is 11.6 Å². The molecule has 128 valence electrons. The maximum Gasteiger partial charge on any atom is 0.227 e. The van der Waals surface area contributed by atoms with Gasteiger partial charge >= 0.3 is 0 Å². The number of benzene rings is 1. The van der Waals surface area contributed by atoms with E-state index in [-0.39, 0.29) is 23.6 Å². The summed E-state index contributed by atoms with van der Waals surface area (Å²) in [6, 6.07) is 3.93. The number of carbonyl (C=O) groups is 1. The number of amides is 1. The third-order valence-corrected chi connectivity index (χ3v) is 4.42. The van der Waals surface area contributed by atoms with Crippen LogP contribution in [0, 0.1) is 11.7 Å². The van der Waals surface area contributed by atoms with Crippen LogP contribution in [-0.4, -0.2) is 15.7 Å². The van der Waals surface area contributed by atoms with E-state index < -0.39 is 5.82 Å². The molecule has 1 aromatic carbocycles. The monoisotopic (exact) mass is 351 g/mol. The molecule has 24 heavy (non-hydrogen) atoms. The number of carbonyl (C=O) groups excluding carboxylic acids is 1. The summed E-state index contributed by atoms with van der Waals surface area (Å²) < 4.78 is 20.0. The fourth-order valence-electron chi connectivity index (χ4n) is 2.84. The zero-order chi connectivity index (χ0) is 16.9. The number of hydrogen-bond donors (Lipinski definition) is 1. The topological polar surface area (TPSA) is 56.2 Å². The summed E-state index contributed by atoms with van der Waals surface area (Å²) in [6.07, 6.45) is 8.62. The molecule has 0 bridgehead atoms. The van der Waals surface area contributed by atoms with E-state index in [2.05, 4.69) is 10.4 Å². The van der Waals surface area contributed by atoms with Crippen LogP contribution in [0.1, 0.15) is 32.1 Å². The second-order valence-corrected chi connectivity index (χ2v) is 6.35. The summed E-state index contributed by atoms with van der Waals surface area (Å²) in [5, 5.41) is 7.23. The smallest absolute Gasteiger partial charge is 0.227 e. The third-order valence-electron chi connectivity index (χ3n) is 4.12. The number of hydrogen-bond acceptors (Lipinski definition) is 3. The maximum atomic E-state index is 13.0. The Kier molecular flexibility index (Phi) is 5.35. The van der Waals surface area contributed by atoms with Crippen molar-refractivity contribution in [1.82, 2.24) is 9.78 Å². The molecule has 3 rings (SSSR count). The molecule has 1 aliphatic rings. The molecule has 2 aromatic rings. The summed E-state index contributed by atoms with van der Waals surface area (Å²) in [4.78, 5) is 12.2. The van der Waals surface area contributed by atoms with Gasteiger partial charge in [0.05, 0.1) is 23.1 Å². The van der Waals surface area contributed by atoms with Gasteiger partial charge in [-0.1, -0.05) is 30.9 Å². The largest absolute Gasteiger partial charge is 0.470 e. The lowest BCUT2D eigenvalue weighted by Crippen LogP contribution is -2.24. The highest BCUT2D eigenvalue weighted by molar-refractivity contribution is 6.32. The number of halogens is 2. The molecular weight excluding hydrogens is 333 g/mol. The molecule has 0 radical (unpaired) electrons. The Morgan fingerprint density at radius 3 is 2.92 bits per heavy atom. The predicted molar refractivity (Wildman–Crippen MR) is 89.5 cm³/mol. The van der Waals surface area contributed by atoms with Gasteiger partial charge in [0.15, 0.2) is 6.73 Å². The van der Waals surface area contributed by atoms with Crippen LogP contribution in [0.3, 0.4) is 0 Å². The van der Waals surface area contributed by atoms with E-state index in [0.29, 0.717) is 11.4 Å². The van der Waals surface area contributed by atoms with Gasteiger partial charge in [0.25, 0.3) is 0 Å². The summed E-state index contributed by atoms with van der Waals surface area (Å²) in [6.45, 7) is 0.116. The van der Waals surface area contributed by atoms with Gasteiger partial charge in [0, 0.05) is 5.92 Å². The summed E-state index contributed by atoms with van der Waals surface area (Å²) in [7, 11) is 0. The van der Waals surface area contributed by atoms with Crippen molar-refractivity contribution in [2.45, 2.75) is 38.8 Å². The first-order valence-electron chi connectivity index (χ1n) is 8.03. The van der Waals surface area contributed by atoms with Crippen molar-refractivity contribution in [3.63, 3.8) is 0 Å². The zero-order valence-electron chi connectivity index (χ0n) is 13.2. The van der Waals surface area contributed by atoms with Gasteiger partial charge in [0.2, 0.25) is 5.91 Å². The Labute approximate surface area is 144 Å². The highest BCUT2D eigenvalue weighted by Crippen LogP contribution is 2.26. The molecule has 7 heteroatoms. The first-order chi connectivity index (χ1) is 11.6. The van der Waals surface area contributed by atoms with Gasteiger partial charge in [-0.25, -0.2) is 9.07 Å². The fraction of sp³-hybridized carbons (Fsp3) is 0.412. The number of nitrogens with zero attached hydrogens (tertiary/aromatic N) is 2. The van der Waals surface area contributed by atoms with Crippen LogP contribution in [0.2, 0.25) is 5.02 Å². The molecule has 1 amide bonds. The van der Waals surface area contributed by atoms with Gasteiger partial charge in [-0.2, -0.15) is 5.10 Å². The van der Waals surface area contributed by atoms with Gasteiger partial charge in [-0.15, -0.1) is 0 Å². The van der Waals surface area contributed by atoms with Gasteiger partial charge < -0.3 is 10.1 Å². The molecule has 1 heterocycles. The van der Waals surface area contributed by atoms with Crippen LogP contribution in [0.15, 0.2) is 30.6 Å². The number of aromatic nitrogens is 2. The summed E-state index contributed by atoms with van der Waals surface area (Å²) >= 11 is 5.90. The molecule has 0 aliphatic heterocycles. The lowest BCUT2D eigenvalue weighted by Gasteiger charge is -2.20. The summed E-state index contributed by atoms with van der Waals surface area (Å²) in [5.41, 5.74) is 0.638.